The van der Waals surface area contributed by atoms with Crippen LogP contribution in [0.4, 0.5) is 0 Å². The standard InChI is InChI=1S/C14H18N2O/c1-2-9-17-10-13(15)12-7-3-5-11-6-4-8-16-14(11)12/h3-8,13H,2,9-10,15H2,1H3. The number of hydrogen-bond acceptors (Lipinski definition) is 3. The highest BCUT2D eigenvalue weighted by atomic mass is 16.5. The van der Waals surface area contributed by atoms with Crippen molar-refractivity contribution in [2.24, 2.45) is 5.73 Å². The van der Waals surface area contributed by atoms with E-state index in [-0.39, 0.29) is 6.04 Å². The van der Waals surface area contributed by atoms with E-state index in [4.69, 9.17) is 10.5 Å². The minimum atomic E-state index is -0.111. The Bertz CT molecular complexity index is 479. The van der Waals surface area contributed by atoms with Gasteiger partial charge in [-0.05, 0) is 18.1 Å². The van der Waals surface area contributed by atoms with Crippen molar-refractivity contribution in [1.29, 1.82) is 0 Å². The molecule has 0 fully saturated rings. The molecule has 0 aliphatic heterocycles. The molecule has 3 nitrogen and oxygen atoms in total. The van der Waals surface area contributed by atoms with Crippen LogP contribution in [0.5, 0.6) is 0 Å². The van der Waals surface area contributed by atoms with Crippen molar-refractivity contribution < 1.29 is 4.74 Å². The minimum absolute atomic E-state index is 0.111. The normalized spacial score (nSPS) is 12.8. The number of nitrogens with two attached hydrogens (primary N) is 1. The molecule has 0 bridgehead atoms. The van der Waals surface area contributed by atoms with Gasteiger partial charge in [-0.15, -0.1) is 0 Å². The third kappa shape index (κ3) is 2.81. The van der Waals surface area contributed by atoms with E-state index in [9.17, 15) is 0 Å². The first-order valence-electron chi connectivity index (χ1n) is 6.00. The van der Waals surface area contributed by atoms with Gasteiger partial charge in [0.05, 0.1) is 18.2 Å². The molecule has 1 aromatic heterocycles. The molecule has 1 heterocycles. The maximum Gasteiger partial charge on any atom is 0.0750 e. The summed E-state index contributed by atoms with van der Waals surface area (Å²) in [6, 6.07) is 9.95. The molecule has 0 spiro atoms. The van der Waals surface area contributed by atoms with E-state index in [1.165, 1.54) is 0 Å². The molecule has 0 saturated carbocycles. The molecule has 2 rings (SSSR count). The fourth-order valence-corrected chi connectivity index (χ4v) is 1.87. The molecular formula is C14H18N2O. The number of fused-ring (bicyclic) bond motifs is 1. The minimum Gasteiger partial charge on any atom is -0.379 e. The summed E-state index contributed by atoms with van der Waals surface area (Å²) >= 11 is 0. The smallest absolute Gasteiger partial charge is 0.0750 e. The van der Waals surface area contributed by atoms with E-state index in [1.54, 1.807) is 6.20 Å². The zero-order valence-corrected chi connectivity index (χ0v) is 10.1. The van der Waals surface area contributed by atoms with Crippen molar-refractivity contribution in [3.63, 3.8) is 0 Å². The second kappa shape index (κ2) is 5.75. The summed E-state index contributed by atoms with van der Waals surface area (Å²) in [6.45, 7) is 3.39. The average molecular weight is 230 g/mol. The molecule has 1 aromatic carbocycles. The van der Waals surface area contributed by atoms with Crippen molar-refractivity contribution in [2.75, 3.05) is 13.2 Å². The van der Waals surface area contributed by atoms with Gasteiger partial charge >= 0.3 is 0 Å². The van der Waals surface area contributed by atoms with Crippen LogP contribution in [0, 0.1) is 0 Å². The number of pyridine rings is 1. The van der Waals surface area contributed by atoms with Gasteiger partial charge in [0.1, 0.15) is 0 Å². The Kier molecular flexibility index (Phi) is 4.07. The highest BCUT2D eigenvalue weighted by molar-refractivity contribution is 5.81. The Morgan fingerprint density at radius 2 is 2.12 bits per heavy atom. The van der Waals surface area contributed by atoms with Gasteiger partial charge in [-0.25, -0.2) is 0 Å². The molecule has 17 heavy (non-hydrogen) atoms. The Hall–Kier alpha value is -1.45. The van der Waals surface area contributed by atoms with Gasteiger partial charge < -0.3 is 10.5 Å². The molecule has 1 unspecified atom stereocenters. The second-order valence-electron chi connectivity index (χ2n) is 4.10. The molecule has 2 aromatic rings. The zero-order valence-electron chi connectivity index (χ0n) is 10.1. The van der Waals surface area contributed by atoms with E-state index >= 15 is 0 Å². The first-order valence-corrected chi connectivity index (χ1v) is 6.00. The molecule has 2 N–H and O–H groups in total. The molecule has 0 aliphatic carbocycles. The number of ether oxygens (including phenoxy) is 1. The maximum absolute atomic E-state index is 6.14. The SMILES string of the molecule is CCCOCC(N)c1cccc2cccnc12. The van der Waals surface area contributed by atoms with Crippen LogP contribution in [0.25, 0.3) is 10.9 Å². The summed E-state index contributed by atoms with van der Waals surface area (Å²) in [6.07, 6.45) is 2.81. The van der Waals surface area contributed by atoms with Gasteiger partial charge in [-0.3, -0.25) is 4.98 Å². The third-order valence-electron chi connectivity index (χ3n) is 2.71. The van der Waals surface area contributed by atoms with Crippen LogP contribution >= 0.6 is 0 Å². The van der Waals surface area contributed by atoms with Gasteiger partial charge in [0.2, 0.25) is 0 Å². The fourth-order valence-electron chi connectivity index (χ4n) is 1.87. The molecule has 3 heteroatoms. The number of rotatable bonds is 5. The molecular weight excluding hydrogens is 212 g/mol. The predicted octanol–water partition coefficient (Wildman–Crippen LogP) is 2.66. The predicted molar refractivity (Wildman–Crippen MR) is 69.8 cm³/mol. The van der Waals surface area contributed by atoms with Crippen molar-refractivity contribution in [1.82, 2.24) is 4.98 Å². The lowest BCUT2D eigenvalue weighted by Crippen LogP contribution is -2.18. The zero-order chi connectivity index (χ0) is 12.1. The summed E-state index contributed by atoms with van der Waals surface area (Å²) < 4.78 is 5.50. The molecule has 0 aliphatic rings. The lowest BCUT2D eigenvalue weighted by Gasteiger charge is -2.14. The van der Waals surface area contributed by atoms with Crippen molar-refractivity contribution >= 4 is 10.9 Å². The summed E-state index contributed by atoms with van der Waals surface area (Å²) in [5, 5.41) is 1.12. The topological polar surface area (TPSA) is 48.1 Å². The first-order chi connectivity index (χ1) is 8.33. The van der Waals surface area contributed by atoms with Crippen LogP contribution in [0.2, 0.25) is 0 Å². The first kappa shape index (κ1) is 12.0. The summed E-state index contributed by atoms with van der Waals surface area (Å²) in [5.74, 6) is 0. The lowest BCUT2D eigenvalue weighted by molar-refractivity contribution is 0.122. The van der Waals surface area contributed by atoms with Gasteiger partial charge in [-0.1, -0.05) is 31.2 Å². The van der Waals surface area contributed by atoms with Crippen LogP contribution in [0.3, 0.4) is 0 Å². The highest BCUT2D eigenvalue weighted by Gasteiger charge is 2.10. The Morgan fingerprint density at radius 3 is 2.94 bits per heavy atom. The van der Waals surface area contributed by atoms with Gasteiger partial charge in [-0.2, -0.15) is 0 Å². The second-order valence-corrected chi connectivity index (χ2v) is 4.10. The van der Waals surface area contributed by atoms with E-state index < -0.39 is 0 Å². The van der Waals surface area contributed by atoms with Crippen molar-refractivity contribution in [2.45, 2.75) is 19.4 Å². The summed E-state index contributed by atoms with van der Waals surface area (Å²) in [5.41, 5.74) is 8.17. The molecule has 0 amide bonds. The number of hydrogen-bond donors (Lipinski definition) is 1. The molecule has 90 valence electrons. The van der Waals surface area contributed by atoms with E-state index in [1.807, 2.05) is 30.3 Å². The molecule has 1 atom stereocenters. The summed E-state index contributed by atoms with van der Waals surface area (Å²) in [4.78, 5) is 4.39. The average Bonchev–Trinajstić information content (AvgIpc) is 2.38. The maximum atomic E-state index is 6.14. The largest absolute Gasteiger partial charge is 0.379 e. The number of aromatic nitrogens is 1. The lowest BCUT2D eigenvalue weighted by atomic mass is 10.0. The van der Waals surface area contributed by atoms with Gasteiger partial charge in [0.15, 0.2) is 0 Å². The van der Waals surface area contributed by atoms with E-state index in [0.29, 0.717) is 6.61 Å². The highest BCUT2D eigenvalue weighted by Crippen LogP contribution is 2.21. The Balaban J connectivity index is 2.22. The van der Waals surface area contributed by atoms with E-state index in [2.05, 4.69) is 11.9 Å². The molecule has 0 radical (unpaired) electrons. The van der Waals surface area contributed by atoms with E-state index in [0.717, 1.165) is 29.5 Å². The fraction of sp³-hybridized carbons (Fsp3) is 0.357. The summed E-state index contributed by atoms with van der Waals surface area (Å²) in [7, 11) is 0. The van der Waals surface area contributed by atoms with Crippen LogP contribution < -0.4 is 5.73 Å². The van der Waals surface area contributed by atoms with Gasteiger partial charge in [0, 0.05) is 18.2 Å². The Labute approximate surface area is 102 Å². The van der Waals surface area contributed by atoms with Crippen molar-refractivity contribution in [3.05, 3.63) is 42.1 Å². The van der Waals surface area contributed by atoms with Crippen molar-refractivity contribution in [3.8, 4) is 0 Å². The van der Waals surface area contributed by atoms with Crippen LogP contribution in [0.1, 0.15) is 24.9 Å². The van der Waals surface area contributed by atoms with Gasteiger partial charge in [0.25, 0.3) is 0 Å². The quantitative estimate of drug-likeness (QED) is 0.803. The third-order valence-corrected chi connectivity index (χ3v) is 2.71. The van der Waals surface area contributed by atoms with Crippen LogP contribution in [0.15, 0.2) is 36.5 Å². The van der Waals surface area contributed by atoms with Crippen LogP contribution in [-0.2, 0) is 4.74 Å². The molecule has 0 saturated heterocycles. The van der Waals surface area contributed by atoms with Crippen LogP contribution in [-0.4, -0.2) is 18.2 Å². The Morgan fingerprint density at radius 1 is 1.29 bits per heavy atom. The number of nitrogens with zero attached hydrogens (tertiary/aromatic N) is 1. The number of benzene rings is 1. The monoisotopic (exact) mass is 230 g/mol. The number of para-hydroxylation sites is 1.